The molecule has 0 radical (unpaired) electrons. The van der Waals surface area contributed by atoms with Gasteiger partial charge in [0.05, 0.1) is 6.04 Å². The number of hydrogen-bond acceptors (Lipinski definition) is 6. The van der Waals surface area contributed by atoms with Crippen LogP contribution in [0, 0.1) is 5.41 Å². The first-order valence-electron chi connectivity index (χ1n) is 6.36. The molecule has 1 aromatic rings. The fourth-order valence-corrected chi connectivity index (χ4v) is 2.91. The average Bonchev–Trinajstić information content (AvgIpc) is 3.01. The van der Waals surface area contributed by atoms with Gasteiger partial charge >= 0.3 is 0 Å². The minimum Gasteiger partial charge on any atom is -0.409 e. The first-order valence-corrected chi connectivity index (χ1v) is 7.24. The zero-order valence-electron chi connectivity index (χ0n) is 11.2. The molecule has 1 fully saturated rings. The number of carbonyl (C=O) groups excluding carboxylic acids is 1. The zero-order valence-corrected chi connectivity index (χ0v) is 12.0. The molecule has 110 valence electrons. The van der Waals surface area contributed by atoms with Crippen molar-refractivity contribution in [1.82, 2.24) is 10.3 Å². The number of ether oxygens (including phenoxy) is 1. The van der Waals surface area contributed by atoms with Gasteiger partial charge in [-0.25, -0.2) is 4.98 Å². The van der Waals surface area contributed by atoms with Crippen LogP contribution < -0.4 is 11.1 Å². The zero-order chi connectivity index (χ0) is 14.6. The molecule has 1 unspecified atom stereocenters. The topological polar surface area (TPSA) is 110 Å². The van der Waals surface area contributed by atoms with Crippen LogP contribution in [0.3, 0.4) is 0 Å². The molecule has 0 bridgehead atoms. The molecule has 0 saturated carbocycles. The third-order valence-corrected chi connectivity index (χ3v) is 4.51. The lowest BCUT2D eigenvalue weighted by atomic mass is 9.78. The molecule has 1 atom stereocenters. The fraction of sp³-hybridized carbons (Fsp3) is 0.583. The number of aromatic nitrogens is 1. The summed E-state index contributed by atoms with van der Waals surface area (Å²) in [6, 6.07) is -0.214. The lowest BCUT2D eigenvalue weighted by Gasteiger charge is -2.35. The Hall–Kier alpha value is -1.67. The van der Waals surface area contributed by atoms with E-state index in [-0.39, 0.29) is 17.8 Å². The van der Waals surface area contributed by atoms with Crippen LogP contribution in [0.5, 0.6) is 0 Å². The number of nitrogens with two attached hydrogens (primary N) is 1. The highest BCUT2D eigenvalue weighted by molar-refractivity contribution is 7.09. The Morgan fingerprint density at radius 2 is 2.35 bits per heavy atom. The summed E-state index contributed by atoms with van der Waals surface area (Å²) in [6.45, 7) is 2.68. The van der Waals surface area contributed by atoms with Gasteiger partial charge in [-0.2, -0.15) is 0 Å². The van der Waals surface area contributed by atoms with Crippen LogP contribution >= 0.6 is 11.3 Å². The van der Waals surface area contributed by atoms with Crippen LogP contribution in [0.2, 0.25) is 0 Å². The van der Waals surface area contributed by atoms with Crippen molar-refractivity contribution in [2.75, 3.05) is 13.2 Å². The van der Waals surface area contributed by atoms with Gasteiger partial charge in [0.15, 0.2) is 5.84 Å². The van der Waals surface area contributed by atoms with E-state index in [2.05, 4.69) is 15.5 Å². The number of oxime groups is 1. The number of rotatable bonds is 4. The van der Waals surface area contributed by atoms with Crippen molar-refractivity contribution in [3.05, 3.63) is 16.6 Å². The number of nitrogens with one attached hydrogen (secondary N) is 1. The van der Waals surface area contributed by atoms with Crippen molar-refractivity contribution >= 4 is 23.1 Å². The predicted molar refractivity (Wildman–Crippen MR) is 74.6 cm³/mol. The number of nitrogens with zero attached hydrogens (tertiary/aromatic N) is 2. The summed E-state index contributed by atoms with van der Waals surface area (Å²) in [5.74, 6) is -0.316. The summed E-state index contributed by atoms with van der Waals surface area (Å²) in [4.78, 5) is 16.7. The highest BCUT2D eigenvalue weighted by Crippen LogP contribution is 2.32. The van der Waals surface area contributed by atoms with E-state index in [9.17, 15) is 4.79 Å². The highest BCUT2D eigenvalue weighted by atomic mass is 32.1. The molecule has 7 nitrogen and oxygen atoms in total. The third kappa shape index (κ3) is 2.75. The molecule has 0 spiro atoms. The molecule has 1 aromatic heterocycles. The van der Waals surface area contributed by atoms with E-state index in [1.165, 1.54) is 11.3 Å². The molecule has 1 amide bonds. The van der Waals surface area contributed by atoms with Gasteiger partial charge in [-0.3, -0.25) is 4.79 Å². The summed E-state index contributed by atoms with van der Waals surface area (Å²) in [6.07, 6.45) is 2.50. The van der Waals surface area contributed by atoms with E-state index in [1.54, 1.807) is 6.20 Å². The maximum Gasteiger partial charge on any atom is 0.234 e. The van der Waals surface area contributed by atoms with Gasteiger partial charge in [-0.05, 0) is 19.8 Å². The number of amides is 1. The van der Waals surface area contributed by atoms with Gasteiger partial charge in [0.25, 0.3) is 0 Å². The Kier molecular flexibility index (Phi) is 4.56. The van der Waals surface area contributed by atoms with Crippen molar-refractivity contribution in [2.24, 2.45) is 16.3 Å². The third-order valence-electron chi connectivity index (χ3n) is 3.55. The second kappa shape index (κ2) is 6.19. The molecular weight excluding hydrogens is 280 g/mol. The van der Waals surface area contributed by atoms with Gasteiger partial charge in [0.2, 0.25) is 5.91 Å². The van der Waals surface area contributed by atoms with Crippen LogP contribution in [0.4, 0.5) is 0 Å². The van der Waals surface area contributed by atoms with Gasteiger partial charge in [0, 0.05) is 24.8 Å². The lowest BCUT2D eigenvalue weighted by Crippen LogP contribution is -2.53. The Morgan fingerprint density at radius 1 is 1.65 bits per heavy atom. The van der Waals surface area contributed by atoms with Gasteiger partial charge in [-0.15, -0.1) is 11.3 Å². The molecule has 4 N–H and O–H groups in total. The predicted octanol–water partition coefficient (Wildman–Crippen LogP) is 0.863. The Bertz CT molecular complexity index is 483. The molecule has 8 heteroatoms. The van der Waals surface area contributed by atoms with E-state index < -0.39 is 5.41 Å². The van der Waals surface area contributed by atoms with Crippen molar-refractivity contribution < 1.29 is 14.7 Å². The summed E-state index contributed by atoms with van der Waals surface area (Å²) in [5.41, 5.74) is 4.75. The lowest BCUT2D eigenvalue weighted by molar-refractivity contribution is -0.132. The minimum atomic E-state index is -1.00. The minimum absolute atomic E-state index is 0.0651. The molecule has 2 heterocycles. The van der Waals surface area contributed by atoms with Crippen LogP contribution in [-0.4, -0.2) is 35.1 Å². The molecule has 20 heavy (non-hydrogen) atoms. The van der Waals surface area contributed by atoms with Crippen LogP contribution in [-0.2, 0) is 9.53 Å². The average molecular weight is 298 g/mol. The maximum absolute atomic E-state index is 12.6. The van der Waals surface area contributed by atoms with Crippen molar-refractivity contribution in [2.45, 2.75) is 25.8 Å². The summed E-state index contributed by atoms with van der Waals surface area (Å²) < 4.78 is 5.26. The summed E-state index contributed by atoms with van der Waals surface area (Å²) in [7, 11) is 0. The number of thiazole rings is 1. The van der Waals surface area contributed by atoms with E-state index in [0.717, 1.165) is 5.01 Å². The van der Waals surface area contributed by atoms with Crippen molar-refractivity contribution in [1.29, 1.82) is 0 Å². The molecule has 1 saturated heterocycles. The molecule has 1 aliphatic rings. The Labute approximate surface area is 120 Å². The van der Waals surface area contributed by atoms with E-state index >= 15 is 0 Å². The monoisotopic (exact) mass is 298 g/mol. The van der Waals surface area contributed by atoms with Crippen molar-refractivity contribution in [3.63, 3.8) is 0 Å². The number of carbonyl (C=O) groups is 1. The van der Waals surface area contributed by atoms with E-state index in [4.69, 9.17) is 15.7 Å². The Balaban J connectivity index is 2.15. The highest BCUT2D eigenvalue weighted by Gasteiger charge is 2.45. The number of amidine groups is 1. The molecule has 0 aliphatic carbocycles. The number of hydrogen-bond donors (Lipinski definition) is 3. The summed E-state index contributed by atoms with van der Waals surface area (Å²) >= 11 is 1.47. The second-order valence-electron chi connectivity index (χ2n) is 4.75. The van der Waals surface area contributed by atoms with Gasteiger partial charge in [0.1, 0.15) is 10.4 Å². The summed E-state index contributed by atoms with van der Waals surface area (Å²) in [5, 5.41) is 17.6. The quantitative estimate of drug-likeness (QED) is 0.330. The van der Waals surface area contributed by atoms with Gasteiger partial charge in [-0.1, -0.05) is 5.16 Å². The van der Waals surface area contributed by atoms with E-state index in [0.29, 0.717) is 26.1 Å². The normalized spacial score (nSPS) is 20.4. The first kappa shape index (κ1) is 14.7. The maximum atomic E-state index is 12.6. The first-order chi connectivity index (χ1) is 9.60. The van der Waals surface area contributed by atoms with Crippen LogP contribution in [0.1, 0.15) is 30.8 Å². The smallest absolute Gasteiger partial charge is 0.234 e. The fourth-order valence-electron chi connectivity index (χ4n) is 2.26. The largest absolute Gasteiger partial charge is 0.409 e. The van der Waals surface area contributed by atoms with Gasteiger partial charge < -0.3 is 21.0 Å². The molecular formula is C12H18N4O3S. The Morgan fingerprint density at radius 3 is 2.90 bits per heavy atom. The molecule has 0 aromatic carbocycles. The second-order valence-corrected chi connectivity index (χ2v) is 5.67. The van der Waals surface area contributed by atoms with E-state index in [1.807, 2.05) is 12.3 Å². The standard InChI is InChI=1S/C12H18N4O3S/c1-8(9-14-4-7-20-9)15-11(17)12(10(13)16-18)2-5-19-6-3-12/h4,7-8,18H,2-3,5-6H2,1H3,(H2,13,16)(H,15,17). The van der Waals surface area contributed by atoms with Crippen molar-refractivity contribution in [3.8, 4) is 0 Å². The molecule has 1 aliphatic heterocycles. The SMILES string of the molecule is CC(NC(=O)C1(C(N)=NO)CCOCC1)c1nccs1. The van der Waals surface area contributed by atoms with Crippen LogP contribution in [0.15, 0.2) is 16.7 Å². The molecule has 2 rings (SSSR count). The van der Waals surface area contributed by atoms with Crippen LogP contribution in [0.25, 0.3) is 0 Å².